The van der Waals surface area contributed by atoms with Crippen molar-refractivity contribution < 1.29 is 40.2 Å². The zero-order valence-corrected chi connectivity index (χ0v) is 8.59. The fourth-order valence-corrected chi connectivity index (χ4v) is 0.985. The van der Waals surface area contributed by atoms with E-state index >= 15 is 0 Å². The van der Waals surface area contributed by atoms with E-state index in [-0.39, 0.29) is 0 Å². The number of carbonyl (C=O) groups is 1. The molecule has 96 valence electrons. The van der Waals surface area contributed by atoms with Crippen molar-refractivity contribution in [3.63, 3.8) is 0 Å². The fraction of sp³-hybridized carbons (Fsp3) is 0.875. The Bertz CT molecular complexity index is 220. The van der Waals surface area contributed by atoms with Gasteiger partial charge in [-0.05, 0) is 0 Å². The first kappa shape index (κ1) is 15.2. The summed E-state index contributed by atoms with van der Waals surface area (Å²) in [4.78, 5) is 10.8. The molecule has 0 radical (unpaired) electrons. The Balaban J connectivity index is 4.47. The molecule has 0 spiro atoms. The second-order valence-electron chi connectivity index (χ2n) is 3.19. The highest BCUT2D eigenvalue weighted by Crippen LogP contribution is 2.09. The van der Waals surface area contributed by atoms with Gasteiger partial charge >= 0.3 is 5.97 Å². The lowest BCUT2D eigenvalue weighted by molar-refractivity contribution is -0.172. The lowest BCUT2D eigenvalue weighted by Crippen LogP contribution is -2.52. The highest BCUT2D eigenvalue weighted by atomic mass is 16.5. The van der Waals surface area contributed by atoms with E-state index < -0.39 is 43.1 Å². The molecule has 0 rings (SSSR count). The highest BCUT2D eigenvalue weighted by molar-refractivity contribution is 5.75. The van der Waals surface area contributed by atoms with Crippen LogP contribution in [-0.4, -0.2) is 80.8 Å². The van der Waals surface area contributed by atoms with Crippen LogP contribution in [0, 0.1) is 0 Å². The van der Waals surface area contributed by atoms with Crippen molar-refractivity contribution in [1.82, 2.24) is 0 Å². The second kappa shape index (κ2) is 6.74. The third kappa shape index (κ3) is 3.67. The standard InChI is InChI=1S/C8H16O8/c1-16-8(15)7(14)6(13)5(12)4(11)3(10)2-9/h3-7,9-14H,2H2,1H3/t3-,4-,5+,6-,7?/m1/s1. The van der Waals surface area contributed by atoms with Gasteiger partial charge in [-0.25, -0.2) is 4.79 Å². The van der Waals surface area contributed by atoms with E-state index in [1.54, 1.807) is 0 Å². The fourth-order valence-electron chi connectivity index (χ4n) is 0.985. The molecule has 0 aliphatic rings. The first-order chi connectivity index (χ1) is 7.36. The van der Waals surface area contributed by atoms with Gasteiger partial charge in [0.15, 0.2) is 6.10 Å². The molecule has 0 aliphatic carbocycles. The molecule has 5 atom stereocenters. The minimum Gasteiger partial charge on any atom is -0.467 e. The third-order valence-electron chi connectivity index (χ3n) is 2.05. The SMILES string of the molecule is COC(=O)C(O)[C@H](O)[C@@H](O)[C@H](O)[C@H](O)CO. The first-order valence-electron chi connectivity index (χ1n) is 4.45. The molecular weight excluding hydrogens is 224 g/mol. The zero-order chi connectivity index (χ0) is 12.9. The van der Waals surface area contributed by atoms with Gasteiger partial charge in [0, 0.05) is 0 Å². The largest absolute Gasteiger partial charge is 0.467 e. The Kier molecular flexibility index (Phi) is 6.41. The second-order valence-corrected chi connectivity index (χ2v) is 3.19. The summed E-state index contributed by atoms with van der Waals surface area (Å²) in [5, 5.41) is 54.2. The number of carbonyl (C=O) groups excluding carboxylic acids is 1. The summed E-state index contributed by atoms with van der Waals surface area (Å²) >= 11 is 0. The number of aliphatic hydroxyl groups excluding tert-OH is 6. The van der Waals surface area contributed by atoms with Crippen molar-refractivity contribution in [3.8, 4) is 0 Å². The van der Waals surface area contributed by atoms with Gasteiger partial charge in [-0.1, -0.05) is 0 Å². The summed E-state index contributed by atoms with van der Waals surface area (Å²) in [5.74, 6) is -1.20. The molecule has 0 fully saturated rings. The number of ether oxygens (including phenoxy) is 1. The molecule has 0 aliphatic heterocycles. The van der Waals surface area contributed by atoms with Gasteiger partial charge in [-0.2, -0.15) is 0 Å². The van der Waals surface area contributed by atoms with Gasteiger partial charge in [0.2, 0.25) is 0 Å². The van der Waals surface area contributed by atoms with E-state index in [9.17, 15) is 20.1 Å². The van der Waals surface area contributed by atoms with E-state index in [1.165, 1.54) is 0 Å². The molecule has 1 unspecified atom stereocenters. The van der Waals surface area contributed by atoms with Crippen LogP contribution in [0.4, 0.5) is 0 Å². The van der Waals surface area contributed by atoms with Crippen molar-refractivity contribution in [1.29, 1.82) is 0 Å². The average molecular weight is 240 g/mol. The van der Waals surface area contributed by atoms with Gasteiger partial charge in [-0.3, -0.25) is 0 Å². The minimum atomic E-state index is -2.06. The minimum absolute atomic E-state index is 0.848. The summed E-state index contributed by atoms with van der Waals surface area (Å²) < 4.78 is 4.10. The predicted octanol–water partition coefficient (Wildman–Crippen LogP) is -4.04. The average Bonchev–Trinajstić information content (AvgIpc) is 2.32. The van der Waals surface area contributed by atoms with Crippen LogP contribution in [0.25, 0.3) is 0 Å². The molecule has 0 aromatic heterocycles. The third-order valence-corrected chi connectivity index (χ3v) is 2.05. The van der Waals surface area contributed by atoms with E-state index in [0.717, 1.165) is 7.11 Å². The van der Waals surface area contributed by atoms with Crippen LogP contribution >= 0.6 is 0 Å². The lowest BCUT2D eigenvalue weighted by Gasteiger charge is -2.27. The molecule has 0 amide bonds. The smallest absolute Gasteiger partial charge is 0.337 e. The van der Waals surface area contributed by atoms with Crippen LogP contribution in [0.1, 0.15) is 0 Å². The molecule has 8 nitrogen and oxygen atoms in total. The Morgan fingerprint density at radius 1 is 1.06 bits per heavy atom. The molecule has 16 heavy (non-hydrogen) atoms. The number of rotatable bonds is 6. The van der Waals surface area contributed by atoms with Gasteiger partial charge in [0.05, 0.1) is 13.7 Å². The summed E-state index contributed by atoms with van der Waals surface area (Å²) in [6.07, 6.45) is -9.70. The zero-order valence-electron chi connectivity index (χ0n) is 8.59. The molecule has 8 heteroatoms. The van der Waals surface area contributed by atoms with Gasteiger partial charge in [0.25, 0.3) is 0 Å². The van der Waals surface area contributed by atoms with E-state index in [4.69, 9.17) is 15.3 Å². The molecule has 0 saturated carbocycles. The monoisotopic (exact) mass is 240 g/mol. The summed E-state index contributed by atoms with van der Waals surface area (Å²) in [5.41, 5.74) is 0. The number of esters is 1. The van der Waals surface area contributed by atoms with E-state index in [1.807, 2.05) is 0 Å². The molecule has 0 heterocycles. The normalized spacial score (nSPS) is 20.7. The summed E-state index contributed by atoms with van der Waals surface area (Å²) in [7, 11) is 0.962. The Hall–Kier alpha value is -0.770. The maximum absolute atomic E-state index is 10.8. The molecule has 0 aromatic carbocycles. The van der Waals surface area contributed by atoms with Crippen LogP contribution in [0.15, 0.2) is 0 Å². The van der Waals surface area contributed by atoms with Gasteiger partial charge in [-0.15, -0.1) is 0 Å². The Labute approximate surface area is 91.3 Å². The predicted molar refractivity (Wildman–Crippen MR) is 49.1 cm³/mol. The molecular formula is C8H16O8. The molecule has 6 N–H and O–H groups in total. The summed E-state index contributed by atoms with van der Waals surface area (Å²) in [6, 6.07) is 0. The van der Waals surface area contributed by atoms with Crippen LogP contribution in [0.2, 0.25) is 0 Å². The van der Waals surface area contributed by atoms with Crippen molar-refractivity contribution in [2.24, 2.45) is 0 Å². The first-order valence-corrected chi connectivity index (χ1v) is 4.45. The van der Waals surface area contributed by atoms with Crippen LogP contribution in [0.5, 0.6) is 0 Å². The van der Waals surface area contributed by atoms with Gasteiger partial charge < -0.3 is 35.4 Å². The number of aliphatic hydroxyl groups is 6. The highest BCUT2D eigenvalue weighted by Gasteiger charge is 2.37. The Morgan fingerprint density at radius 3 is 1.94 bits per heavy atom. The molecule has 0 saturated heterocycles. The Morgan fingerprint density at radius 2 is 1.56 bits per heavy atom. The maximum Gasteiger partial charge on any atom is 0.337 e. The van der Waals surface area contributed by atoms with E-state index in [0.29, 0.717) is 0 Å². The maximum atomic E-state index is 10.8. The van der Waals surface area contributed by atoms with Crippen molar-refractivity contribution >= 4 is 5.97 Å². The van der Waals surface area contributed by atoms with Crippen molar-refractivity contribution in [3.05, 3.63) is 0 Å². The molecule has 0 aromatic rings. The number of hydrogen-bond acceptors (Lipinski definition) is 8. The van der Waals surface area contributed by atoms with E-state index in [2.05, 4.69) is 4.74 Å². The van der Waals surface area contributed by atoms with Crippen LogP contribution in [-0.2, 0) is 9.53 Å². The summed E-state index contributed by atoms with van der Waals surface area (Å²) in [6.45, 7) is -0.848. The number of methoxy groups -OCH3 is 1. The lowest BCUT2D eigenvalue weighted by atomic mass is 9.99. The van der Waals surface area contributed by atoms with Crippen molar-refractivity contribution in [2.75, 3.05) is 13.7 Å². The quantitative estimate of drug-likeness (QED) is 0.257. The number of hydrogen-bond donors (Lipinski definition) is 6. The van der Waals surface area contributed by atoms with Crippen LogP contribution in [0.3, 0.4) is 0 Å². The van der Waals surface area contributed by atoms with Crippen molar-refractivity contribution in [2.45, 2.75) is 30.5 Å². The molecule has 0 bridgehead atoms. The topological polar surface area (TPSA) is 148 Å². The van der Waals surface area contributed by atoms with Gasteiger partial charge in [0.1, 0.15) is 24.4 Å². The van der Waals surface area contributed by atoms with Crippen LogP contribution < -0.4 is 0 Å².